The second kappa shape index (κ2) is 24.7. The van der Waals surface area contributed by atoms with E-state index in [4.69, 9.17) is 31.9 Å². The van der Waals surface area contributed by atoms with Gasteiger partial charge >= 0.3 is 0 Å². The van der Waals surface area contributed by atoms with Crippen LogP contribution in [0.15, 0.2) is 36.4 Å². The zero-order chi connectivity index (χ0) is 45.2. The fourth-order valence-corrected chi connectivity index (χ4v) is 8.19. The number of aromatic nitrogens is 1. The van der Waals surface area contributed by atoms with Crippen LogP contribution in [0.1, 0.15) is 96.3 Å². The highest BCUT2D eigenvalue weighted by Gasteiger charge is 2.36. The third-order valence-corrected chi connectivity index (χ3v) is 11.6. The van der Waals surface area contributed by atoms with Crippen molar-refractivity contribution in [3.8, 4) is 28.7 Å². The van der Waals surface area contributed by atoms with Crippen molar-refractivity contribution in [3.05, 3.63) is 63.1 Å². The topological polar surface area (TPSA) is 270 Å². The maximum Gasteiger partial charge on any atom is 0.263 e. The molecule has 0 radical (unpaired) electrons. The van der Waals surface area contributed by atoms with Gasteiger partial charge in [0.1, 0.15) is 60.3 Å². The minimum Gasteiger partial charge on any atom is -0.492 e. The first kappa shape index (κ1) is 49.0. The molecule has 0 saturated carbocycles. The van der Waals surface area contributed by atoms with Gasteiger partial charge in [0.05, 0.1) is 16.8 Å². The molecule has 0 saturated heterocycles. The molecule has 62 heavy (non-hydrogen) atoms. The summed E-state index contributed by atoms with van der Waals surface area (Å²) in [5.41, 5.74) is 20.2. The summed E-state index contributed by atoms with van der Waals surface area (Å²) in [4.78, 5) is 76.1. The van der Waals surface area contributed by atoms with Gasteiger partial charge in [0.25, 0.3) is 5.91 Å². The Balaban J connectivity index is 1.77. The number of nitrogens with one attached hydrogen (secondary N) is 4. The van der Waals surface area contributed by atoms with Gasteiger partial charge in [0.2, 0.25) is 23.6 Å². The van der Waals surface area contributed by atoms with Crippen LogP contribution >= 0.6 is 11.3 Å². The van der Waals surface area contributed by atoms with Crippen LogP contribution in [0.25, 0.3) is 11.1 Å². The highest BCUT2D eigenvalue weighted by atomic mass is 32.1. The van der Waals surface area contributed by atoms with Gasteiger partial charge in [-0.15, -0.1) is 11.3 Å². The molecular weight excluding hydrogens is 813 g/mol. The molecule has 0 spiro atoms. The first-order valence-corrected chi connectivity index (χ1v) is 22.1. The third kappa shape index (κ3) is 13.4. The molecule has 17 nitrogen and oxygen atoms in total. The highest BCUT2D eigenvalue weighted by Crippen LogP contribution is 2.40. The van der Waals surface area contributed by atoms with Crippen LogP contribution < -0.4 is 47.9 Å². The summed E-state index contributed by atoms with van der Waals surface area (Å²) in [6, 6.07) is 7.29. The van der Waals surface area contributed by atoms with Crippen LogP contribution in [0.2, 0.25) is 0 Å². The number of fused-ring (bicyclic) bond motifs is 5. The lowest BCUT2D eigenvalue weighted by Gasteiger charge is -2.32. The molecule has 2 heterocycles. The Labute approximate surface area is 367 Å². The molecule has 336 valence electrons. The van der Waals surface area contributed by atoms with E-state index in [1.807, 2.05) is 6.07 Å². The summed E-state index contributed by atoms with van der Waals surface area (Å²) in [7, 11) is 1.44. The molecule has 5 amide bonds. The lowest BCUT2D eigenvalue weighted by atomic mass is 9.93. The second-order valence-corrected chi connectivity index (χ2v) is 16.3. The van der Waals surface area contributed by atoms with Gasteiger partial charge in [-0.25, -0.2) is 4.98 Å². The van der Waals surface area contributed by atoms with E-state index >= 15 is 0 Å². The Bertz CT molecular complexity index is 2050. The Morgan fingerprint density at radius 3 is 2.27 bits per heavy atom. The lowest BCUT2D eigenvalue weighted by Crippen LogP contribution is -2.56. The van der Waals surface area contributed by atoms with Crippen LogP contribution in [-0.2, 0) is 32.0 Å². The number of nitrogens with zero attached hydrogens (tertiary/aromatic N) is 3. The van der Waals surface area contributed by atoms with Gasteiger partial charge in [0, 0.05) is 37.7 Å². The molecular formula is C44H62N10O7S. The highest BCUT2D eigenvalue weighted by molar-refractivity contribution is 7.13. The number of nitrogens with two attached hydrogens (primary N) is 3. The van der Waals surface area contributed by atoms with Crippen molar-refractivity contribution in [2.75, 3.05) is 46.4 Å². The van der Waals surface area contributed by atoms with Gasteiger partial charge in [0.15, 0.2) is 0 Å². The van der Waals surface area contributed by atoms with E-state index in [-0.39, 0.29) is 52.2 Å². The van der Waals surface area contributed by atoms with Crippen LogP contribution in [0.5, 0.6) is 11.5 Å². The molecule has 1 aromatic heterocycles. The molecule has 4 rings (SSSR count). The molecule has 0 unspecified atom stereocenters. The molecule has 4 bridgehead atoms. The number of ether oxygens (including phenoxy) is 2. The van der Waals surface area contributed by atoms with Gasteiger partial charge < -0.3 is 52.8 Å². The molecule has 0 fully saturated rings. The van der Waals surface area contributed by atoms with Crippen molar-refractivity contribution in [2.24, 2.45) is 17.2 Å². The van der Waals surface area contributed by atoms with E-state index < -0.39 is 53.7 Å². The predicted octanol–water partition coefficient (Wildman–Crippen LogP) is 2.53. The van der Waals surface area contributed by atoms with Gasteiger partial charge in [-0.3, -0.25) is 24.0 Å². The Morgan fingerprint density at radius 2 is 1.61 bits per heavy atom. The number of likely N-dealkylation sites (N-methyl/N-ethyl adjacent to an activating group) is 1. The van der Waals surface area contributed by atoms with Crippen LogP contribution in [0.3, 0.4) is 0 Å². The summed E-state index contributed by atoms with van der Waals surface area (Å²) in [6.07, 6.45) is 7.62. The molecule has 3 aromatic rings. The van der Waals surface area contributed by atoms with E-state index in [9.17, 15) is 24.0 Å². The SMILES string of the molecule is CCCCCCCCc1nc(C)c(C(=O)N[C@@H](CCN)C(=O)N(C)[C@@H]2C(=O)N[C@@H](C)C(=O)N[C@H](C(=O)NCC#N)Cc3ccc(OCCN)c(c3)-c3cc2ccc3OCCN)s1. The normalized spacial score (nSPS) is 16.8. The Morgan fingerprint density at radius 1 is 0.952 bits per heavy atom. The monoisotopic (exact) mass is 874 g/mol. The number of carbonyl (C=O) groups excluding carboxylic acids is 5. The summed E-state index contributed by atoms with van der Waals surface area (Å²) < 4.78 is 12.2. The van der Waals surface area contributed by atoms with Crippen LogP contribution in [0, 0.1) is 18.3 Å². The zero-order valence-corrected chi connectivity index (χ0v) is 37.0. The molecule has 2 aromatic carbocycles. The maximum atomic E-state index is 14.6. The van der Waals surface area contributed by atoms with E-state index in [2.05, 4.69) is 33.2 Å². The number of benzene rings is 2. The number of hydrogen-bond acceptors (Lipinski definition) is 13. The average molecular weight is 875 g/mol. The minimum absolute atomic E-state index is 0.0160. The molecule has 1 aliphatic rings. The van der Waals surface area contributed by atoms with Crippen LogP contribution in [-0.4, -0.2) is 104 Å². The van der Waals surface area contributed by atoms with Crippen molar-refractivity contribution >= 4 is 40.9 Å². The van der Waals surface area contributed by atoms with Crippen molar-refractivity contribution in [1.29, 1.82) is 5.26 Å². The van der Waals surface area contributed by atoms with Crippen molar-refractivity contribution < 1.29 is 33.4 Å². The second-order valence-electron chi connectivity index (χ2n) is 15.2. The van der Waals surface area contributed by atoms with E-state index in [0.29, 0.717) is 44.3 Å². The number of rotatable bonds is 21. The number of amides is 5. The van der Waals surface area contributed by atoms with E-state index in [1.165, 1.54) is 49.5 Å². The fraction of sp³-hybridized carbons (Fsp3) is 0.523. The zero-order valence-electron chi connectivity index (χ0n) is 36.2. The summed E-state index contributed by atoms with van der Waals surface area (Å²) in [5, 5.41) is 20.8. The molecule has 18 heteroatoms. The number of unbranched alkanes of at least 4 members (excludes halogenated alkanes) is 5. The third-order valence-electron chi connectivity index (χ3n) is 10.4. The first-order chi connectivity index (χ1) is 29.9. The van der Waals surface area contributed by atoms with Crippen molar-refractivity contribution in [1.82, 2.24) is 31.2 Å². The number of hydrogen-bond donors (Lipinski definition) is 7. The van der Waals surface area contributed by atoms with Crippen LogP contribution in [0.4, 0.5) is 0 Å². The molecule has 10 N–H and O–H groups in total. The number of nitriles is 1. The predicted molar refractivity (Wildman–Crippen MR) is 237 cm³/mol. The molecule has 1 aliphatic heterocycles. The van der Waals surface area contributed by atoms with E-state index in [1.54, 1.807) is 43.3 Å². The number of aryl methyl sites for hydroxylation is 2. The smallest absolute Gasteiger partial charge is 0.263 e. The quantitative estimate of drug-likeness (QED) is 0.0601. The molecule has 0 aliphatic carbocycles. The Hall–Kier alpha value is -5.61. The minimum atomic E-state index is -1.36. The summed E-state index contributed by atoms with van der Waals surface area (Å²) in [5.74, 6) is -2.29. The van der Waals surface area contributed by atoms with Crippen molar-refractivity contribution in [2.45, 2.75) is 103 Å². The van der Waals surface area contributed by atoms with Gasteiger partial charge in [-0.05, 0) is 75.0 Å². The number of thiazole rings is 1. The van der Waals surface area contributed by atoms with Gasteiger partial charge in [-0.2, -0.15) is 5.26 Å². The standard InChI is InChI=1S/C44H62N10O7S/c1-5-6-7-8-9-10-11-37-50-27(2)39(62-37)43(58)52-33(16-17-45)44(59)54(4)38-30-13-15-36(61-23-20-48)32(26-30)31-24-29(12-14-35(31)60-22-19-47)25-34(41(56)49-21-18-46)53-40(55)28(3)51-42(38)57/h12-15,24,26,28,33-34,38H,5-11,16-17,19-23,25,45,47-48H2,1-4H3,(H,49,56)(H,51,57)(H,52,58)(H,53,55)/t28-,33-,34-,38-/m0/s1. The number of carbonyl (C=O) groups is 5. The largest absolute Gasteiger partial charge is 0.492 e. The molecule has 4 atom stereocenters. The van der Waals surface area contributed by atoms with Gasteiger partial charge in [-0.1, -0.05) is 51.2 Å². The summed E-state index contributed by atoms with van der Waals surface area (Å²) in [6.45, 7) is 5.88. The first-order valence-electron chi connectivity index (χ1n) is 21.3. The van der Waals surface area contributed by atoms with E-state index in [0.717, 1.165) is 30.7 Å². The fourth-order valence-electron chi connectivity index (χ4n) is 7.18. The lowest BCUT2D eigenvalue weighted by molar-refractivity contribution is -0.141. The summed E-state index contributed by atoms with van der Waals surface area (Å²) >= 11 is 1.30. The Kier molecular flexibility index (Phi) is 19.6. The van der Waals surface area contributed by atoms with Crippen molar-refractivity contribution in [3.63, 3.8) is 0 Å². The average Bonchev–Trinajstić information content (AvgIpc) is 3.64. The maximum absolute atomic E-state index is 14.6.